The van der Waals surface area contributed by atoms with Gasteiger partial charge in [0.15, 0.2) is 0 Å². The standard InChI is InChI=1S/C16H16N4OS/c1-16(12-4-7-22-14(12)3-6-21-16)9-18-15-11-8-17-5-2-13(11)19-10-20-15/h2,4-5,7-8,10H,3,6,9H2,1H3,(H,18,19,20). The number of nitrogens with one attached hydrogen (secondary N) is 1. The molecular formula is C16H16N4OS. The molecule has 1 aliphatic heterocycles. The number of pyridine rings is 1. The van der Waals surface area contributed by atoms with Crippen molar-refractivity contribution in [1.82, 2.24) is 15.0 Å². The summed E-state index contributed by atoms with van der Waals surface area (Å²) in [5, 5.41) is 6.48. The summed E-state index contributed by atoms with van der Waals surface area (Å²) in [5.41, 5.74) is 1.85. The second-order valence-corrected chi connectivity index (χ2v) is 6.56. The Hall–Kier alpha value is -2.05. The summed E-state index contributed by atoms with van der Waals surface area (Å²) in [7, 11) is 0. The van der Waals surface area contributed by atoms with Gasteiger partial charge in [0, 0.05) is 30.2 Å². The maximum absolute atomic E-state index is 6.07. The Morgan fingerprint density at radius 3 is 3.27 bits per heavy atom. The number of thiophene rings is 1. The molecule has 0 bridgehead atoms. The quantitative estimate of drug-likeness (QED) is 0.805. The predicted molar refractivity (Wildman–Crippen MR) is 87.1 cm³/mol. The Balaban J connectivity index is 1.63. The zero-order chi connectivity index (χ0) is 15.0. The lowest BCUT2D eigenvalue weighted by molar-refractivity contribution is -0.0347. The van der Waals surface area contributed by atoms with Crippen molar-refractivity contribution >= 4 is 28.1 Å². The van der Waals surface area contributed by atoms with E-state index in [-0.39, 0.29) is 5.60 Å². The van der Waals surface area contributed by atoms with E-state index in [4.69, 9.17) is 4.74 Å². The third-order valence-electron chi connectivity index (χ3n) is 4.09. The molecule has 6 heteroatoms. The van der Waals surface area contributed by atoms with Gasteiger partial charge < -0.3 is 10.1 Å². The summed E-state index contributed by atoms with van der Waals surface area (Å²) in [6.45, 7) is 3.56. The van der Waals surface area contributed by atoms with Crippen LogP contribution >= 0.6 is 11.3 Å². The fourth-order valence-corrected chi connectivity index (χ4v) is 3.87. The van der Waals surface area contributed by atoms with E-state index in [1.165, 1.54) is 10.4 Å². The fourth-order valence-electron chi connectivity index (χ4n) is 2.89. The smallest absolute Gasteiger partial charge is 0.138 e. The van der Waals surface area contributed by atoms with E-state index in [2.05, 4.69) is 38.6 Å². The van der Waals surface area contributed by atoms with Crippen LogP contribution in [0.5, 0.6) is 0 Å². The summed E-state index contributed by atoms with van der Waals surface area (Å²) >= 11 is 1.81. The summed E-state index contributed by atoms with van der Waals surface area (Å²) in [4.78, 5) is 14.2. The summed E-state index contributed by atoms with van der Waals surface area (Å²) in [6, 6.07) is 4.05. The van der Waals surface area contributed by atoms with Crippen molar-refractivity contribution in [2.45, 2.75) is 18.9 Å². The van der Waals surface area contributed by atoms with Crippen molar-refractivity contribution in [2.24, 2.45) is 0 Å². The highest BCUT2D eigenvalue weighted by atomic mass is 32.1. The van der Waals surface area contributed by atoms with E-state index < -0.39 is 0 Å². The molecule has 1 N–H and O–H groups in total. The Bertz CT molecular complexity index is 813. The van der Waals surface area contributed by atoms with E-state index in [1.807, 2.05) is 17.4 Å². The zero-order valence-electron chi connectivity index (χ0n) is 12.2. The number of aromatic nitrogens is 3. The lowest BCUT2D eigenvalue weighted by atomic mass is 9.93. The average molecular weight is 312 g/mol. The SMILES string of the molecule is CC1(CNc2ncnc3ccncc23)OCCc2sccc21. The normalized spacial score (nSPS) is 20.8. The highest BCUT2D eigenvalue weighted by Gasteiger charge is 2.34. The Morgan fingerprint density at radius 2 is 2.32 bits per heavy atom. The van der Waals surface area contributed by atoms with Crippen LogP contribution in [0, 0.1) is 0 Å². The fraction of sp³-hybridized carbons (Fsp3) is 0.312. The molecule has 3 aromatic rings. The second-order valence-electron chi connectivity index (χ2n) is 5.56. The zero-order valence-corrected chi connectivity index (χ0v) is 13.1. The van der Waals surface area contributed by atoms with Gasteiger partial charge in [-0.25, -0.2) is 9.97 Å². The molecule has 0 aliphatic carbocycles. The first-order chi connectivity index (χ1) is 10.8. The highest BCUT2D eigenvalue weighted by molar-refractivity contribution is 7.10. The molecule has 0 saturated carbocycles. The van der Waals surface area contributed by atoms with Crippen LogP contribution in [0.25, 0.3) is 10.9 Å². The van der Waals surface area contributed by atoms with Gasteiger partial charge in [0.1, 0.15) is 17.7 Å². The number of anilines is 1. The molecule has 4 rings (SSSR count). The average Bonchev–Trinajstić information content (AvgIpc) is 3.03. The van der Waals surface area contributed by atoms with E-state index in [9.17, 15) is 0 Å². The first kappa shape index (κ1) is 13.6. The molecule has 112 valence electrons. The van der Waals surface area contributed by atoms with Crippen LogP contribution < -0.4 is 5.32 Å². The van der Waals surface area contributed by atoms with Crippen molar-refractivity contribution in [1.29, 1.82) is 0 Å². The largest absolute Gasteiger partial charge is 0.368 e. The van der Waals surface area contributed by atoms with Gasteiger partial charge in [-0.3, -0.25) is 4.98 Å². The first-order valence-electron chi connectivity index (χ1n) is 7.26. The van der Waals surface area contributed by atoms with E-state index in [0.717, 1.165) is 29.7 Å². The van der Waals surface area contributed by atoms with E-state index in [1.54, 1.807) is 18.7 Å². The minimum absolute atomic E-state index is 0.326. The van der Waals surface area contributed by atoms with Gasteiger partial charge >= 0.3 is 0 Å². The van der Waals surface area contributed by atoms with Gasteiger partial charge in [-0.2, -0.15) is 0 Å². The number of hydrogen-bond donors (Lipinski definition) is 1. The Kier molecular flexibility index (Phi) is 3.28. The number of nitrogens with zero attached hydrogens (tertiary/aromatic N) is 3. The molecule has 1 unspecified atom stereocenters. The molecule has 22 heavy (non-hydrogen) atoms. The van der Waals surface area contributed by atoms with Crippen LogP contribution in [0.15, 0.2) is 36.2 Å². The van der Waals surface area contributed by atoms with E-state index >= 15 is 0 Å². The molecule has 0 radical (unpaired) electrons. The molecular weight excluding hydrogens is 296 g/mol. The van der Waals surface area contributed by atoms with Gasteiger partial charge in [-0.15, -0.1) is 11.3 Å². The van der Waals surface area contributed by atoms with Crippen molar-refractivity contribution in [2.75, 3.05) is 18.5 Å². The van der Waals surface area contributed by atoms with Crippen molar-refractivity contribution in [3.8, 4) is 0 Å². The molecule has 3 aromatic heterocycles. The highest BCUT2D eigenvalue weighted by Crippen LogP contribution is 2.36. The van der Waals surface area contributed by atoms with Crippen LogP contribution in [-0.2, 0) is 16.8 Å². The maximum Gasteiger partial charge on any atom is 0.138 e. The van der Waals surface area contributed by atoms with Crippen LogP contribution in [0.1, 0.15) is 17.4 Å². The molecule has 4 heterocycles. The third kappa shape index (κ3) is 2.24. The van der Waals surface area contributed by atoms with E-state index in [0.29, 0.717) is 6.54 Å². The minimum atomic E-state index is -0.326. The lowest BCUT2D eigenvalue weighted by Crippen LogP contribution is -2.38. The first-order valence-corrected chi connectivity index (χ1v) is 8.14. The van der Waals surface area contributed by atoms with Crippen molar-refractivity contribution in [3.05, 3.63) is 46.7 Å². The molecule has 0 fully saturated rings. The van der Waals surface area contributed by atoms with Gasteiger partial charge in [0.25, 0.3) is 0 Å². The molecule has 1 aliphatic rings. The number of ether oxygens (including phenoxy) is 1. The molecule has 5 nitrogen and oxygen atoms in total. The number of rotatable bonds is 3. The topological polar surface area (TPSA) is 59.9 Å². The predicted octanol–water partition coefficient (Wildman–Crippen LogP) is 2.99. The van der Waals surface area contributed by atoms with Gasteiger partial charge in [-0.05, 0) is 30.0 Å². The molecule has 1 atom stereocenters. The van der Waals surface area contributed by atoms with Crippen LogP contribution in [-0.4, -0.2) is 28.1 Å². The van der Waals surface area contributed by atoms with Gasteiger partial charge in [0.05, 0.1) is 17.5 Å². The monoisotopic (exact) mass is 312 g/mol. The van der Waals surface area contributed by atoms with Crippen molar-refractivity contribution in [3.63, 3.8) is 0 Å². The minimum Gasteiger partial charge on any atom is -0.368 e. The molecule has 0 spiro atoms. The Labute approximate surface area is 132 Å². The van der Waals surface area contributed by atoms with Crippen LogP contribution in [0.3, 0.4) is 0 Å². The number of hydrogen-bond acceptors (Lipinski definition) is 6. The summed E-state index contributed by atoms with van der Waals surface area (Å²) in [6.07, 6.45) is 6.10. The molecule has 0 aromatic carbocycles. The van der Waals surface area contributed by atoms with Crippen molar-refractivity contribution < 1.29 is 4.74 Å². The maximum atomic E-state index is 6.07. The van der Waals surface area contributed by atoms with Gasteiger partial charge in [-0.1, -0.05) is 0 Å². The summed E-state index contributed by atoms with van der Waals surface area (Å²) < 4.78 is 6.07. The lowest BCUT2D eigenvalue weighted by Gasteiger charge is -2.34. The summed E-state index contributed by atoms with van der Waals surface area (Å²) in [5.74, 6) is 0.797. The van der Waals surface area contributed by atoms with Gasteiger partial charge in [0.2, 0.25) is 0 Å². The Morgan fingerprint density at radius 1 is 1.36 bits per heavy atom. The third-order valence-corrected chi connectivity index (χ3v) is 5.08. The molecule has 0 amide bonds. The second kappa shape index (κ2) is 5.30. The van der Waals surface area contributed by atoms with Crippen LogP contribution in [0.4, 0.5) is 5.82 Å². The van der Waals surface area contributed by atoms with Crippen LogP contribution in [0.2, 0.25) is 0 Å². The number of fused-ring (bicyclic) bond motifs is 2. The molecule has 0 saturated heterocycles.